The van der Waals surface area contributed by atoms with Gasteiger partial charge in [0.2, 0.25) is 0 Å². The normalized spacial score (nSPS) is 14.8. The van der Waals surface area contributed by atoms with Gasteiger partial charge in [0.1, 0.15) is 6.10 Å². The number of carboxylic acids is 1. The number of alkyl halides is 3. The van der Waals surface area contributed by atoms with Gasteiger partial charge in [0, 0.05) is 0 Å². The Hall–Kier alpha value is -1.64. The number of carboxylic acid groups (broad SMARTS) is 1. The van der Waals surface area contributed by atoms with Crippen LogP contribution in [0.1, 0.15) is 34.0 Å². The van der Waals surface area contributed by atoms with E-state index in [0.717, 1.165) is 6.07 Å². The fourth-order valence-corrected chi connectivity index (χ4v) is 1.78. The van der Waals surface area contributed by atoms with Gasteiger partial charge < -0.3 is 20.6 Å². The summed E-state index contributed by atoms with van der Waals surface area (Å²) in [6.45, 7) is 0.350. The summed E-state index contributed by atoms with van der Waals surface area (Å²) in [5.74, 6) is -1.54. The smallest absolute Gasteiger partial charge is 0.416 e. The van der Waals surface area contributed by atoms with E-state index in [4.69, 9.17) is 5.11 Å². The number of nitrogens with one attached hydrogen (secondary N) is 1. The van der Waals surface area contributed by atoms with Crippen molar-refractivity contribution in [3.05, 3.63) is 34.9 Å². The molecule has 0 radical (unpaired) electrons. The van der Waals surface area contributed by atoms with E-state index >= 15 is 0 Å². The molecule has 1 rings (SSSR count). The zero-order valence-corrected chi connectivity index (χ0v) is 11.2. The van der Waals surface area contributed by atoms with Crippen LogP contribution in [0.15, 0.2) is 18.2 Å². The van der Waals surface area contributed by atoms with Crippen molar-refractivity contribution in [1.29, 1.82) is 0 Å². The van der Waals surface area contributed by atoms with Crippen molar-refractivity contribution in [3.63, 3.8) is 0 Å². The lowest BCUT2D eigenvalue weighted by Gasteiger charge is -2.20. The SMILES string of the molecule is CNCCC(O)C(O)c1cc(C(=O)O)cc(C(F)(F)F)c1. The Morgan fingerprint density at radius 1 is 1.29 bits per heavy atom. The van der Waals surface area contributed by atoms with Gasteiger partial charge in [-0.1, -0.05) is 0 Å². The predicted molar refractivity (Wildman–Crippen MR) is 67.9 cm³/mol. The van der Waals surface area contributed by atoms with Crippen molar-refractivity contribution in [3.8, 4) is 0 Å². The minimum atomic E-state index is -4.74. The molecule has 21 heavy (non-hydrogen) atoms. The Balaban J connectivity index is 3.16. The molecule has 4 N–H and O–H groups in total. The molecule has 0 saturated carbocycles. The molecule has 0 aliphatic rings. The molecule has 0 fully saturated rings. The fourth-order valence-electron chi connectivity index (χ4n) is 1.78. The van der Waals surface area contributed by atoms with Gasteiger partial charge in [-0.25, -0.2) is 4.79 Å². The molecule has 0 bridgehead atoms. The van der Waals surface area contributed by atoms with Gasteiger partial charge in [0.25, 0.3) is 0 Å². The van der Waals surface area contributed by atoms with Crippen LogP contribution >= 0.6 is 0 Å². The molecule has 118 valence electrons. The first-order valence-electron chi connectivity index (χ1n) is 6.13. The van der Waals surface area contributed by atoms with E-state index in [1.807, 2.05) is 0 Å². The summed E-state index contributed by atoms with van der Waals surface area (Å²) in [6.07, 6.45) is -7.53. The molecular formula is C13H16F3NO4. The number of halogens is 3. The lowest BCUT2D eigenvalue weighted by Crippen LogP contribution is -2.24. The number of hydrogen-bond donors (Lipinski definition) is 4. The van der Waals surface area contributed by atoms with E-state index in [-0.39, 0.29) is 12.0 Å². The van der Waals surface area contributed by atoms with Crippen molar-refractivity contribution in [1.82, 2.24) is 5.32 Å². The number of aliphatic hydroxyl groups is 2. The maximum atomic E-state index is 12.7. The summed E-state index contributed by atoms with van der Waals surface area (Å²) in [6, 6.07) is 2.04. The Morgan fingerprint density at radius 2 is 1.90 bits per heavy atom. The van der Waals surface area contributed by atoms with E-state index in [2.05, 4.69) is 5.32 Å². The second kappa shape index (κ2) is 6.88. The molecule has 1 aromatic carbocycles. The van der Waals surface area contributed by atoms with Gasteiger partial charge >= 0.3 is 12.1 Å². The van der Waals surface area contributed by atoms with Crippen molar-refractivity contribution in [2.75, 3.05) is 13.6 Å². The summed E-state index contributed by atoms with van der Waals surface area (Å²) in [5.41, 5.74) is -2.07. The van der Waals surface area contributed by atoms with Gasteiger partial charge in [-0.3, -0.25) is 0 Å². The van der Waals surface area contributed by atoms with Crippen LogP contribution in [0.2, 0.25) is 0 Å². The molecule has 0 aromatic heterocycles. The van der Waals surface area contributed by atoms with E-state index < -0.39 is 35.5 Å². The summed E-state index contributed by atoms with van der Waals surface area (Å²) >= 11 is 0. The molecule has 0 aliphatic carbocycles. The highest BCUT2D eigenvalue weighted by Gasteiger charge is 2.33. The third-order valence-corrected chi connectivity index (χ3v) is 2.93. The van der Waals surface area contributed by atoms with E-state index in [0.29, 0.717) is 18.7 Å². The monoisotopic (exact) mass is 307 g/mol. The number of carbonyl (C=O) groups is 1. The lowest BCUT2D eigenvalue weighted by atomic mass is 9.97. The molecule has 0 aliphatic heterocycles. The minimum absolute atomic E-state index is 0.107. The molecule has 1 aromatic rings. The van der Waals surface area contributed by atoms with Crippen LogP contribution in [0.4, 0.5) is 13.2 Å². The summed E-state index contributed by atoms with van der Waals surface area (Å²) in [7, 11) is 1.62. The largest absolute Gasteiger partial charge is 0.478 e. The number of rotatable bonds is 6. The maximum absolute atomic E-state index is 12.7. The molecule has 0 amide bonds. The highest BCUT2D eigenvalue weighted by atomic mass is 19.4. The Kier molecular flexibility index (Phi) is 5.70. The van der Waals surface area contributed by atoms with Crippen LogP contribution in [0.25, 0.3) is 0 Å². The van der Waals surface area contributed by atoms with Gasteiger partial charge in [0.05, 0.1) is 17.2 Å². The van der Waals surface area contributed by atoms with Crippen LogP contribution in [0, 0.1) is 0 Å². The summed E-state index contributed by atoms with van der Waals surface area (Å²) < 4.78 is 38.2. The molecule has 5 nitrogen and oxygen atoms in total. The maximum Gasteiger partial charge on any atom is 0.416 e. The number of benzene rings is 1. The average Bonchev–Trinajstić information content (AvgIpc) is 2.42. The number of aliphatic hydroxyl groups excluding tert-OH is 2. The van der Waals surface area contributed by atoms with Crippen LogP contribution in [0.5, 0.6) is 0 Å². The van der Waals surface area contributed by atoms with Crippen LogP contribution in [0.3, 0.4) is 0 Å². The number of hydrogen-bond acceptors (Lipinski definition) is 4. The predicted octanol–water partition coefficient (Wildman–Crippen LogP) is 1.41. The van der Waals surface area contributed by atoms with E-state index in [1.165, 1.54) is 0 Å². The third kappa shape index (κ3) is 4.69. The van der Waals surface area contributed by atoms with Crippen molar-refractivity contribution >= 4 is 5.97 Å². The van der Waals surface area contributed by atoms with E-state index in [1.54, 1.807) is 7.05 Å². The molecule has 0 spiro atoms. The molecule has 0 saturated heterocycles. The van der Waals surface area contributed by atoms with Gasteiger partial charge in [0.15, 0.2) is 0 Å². The van der Waals surface area contributed by atoms with E-state index in [9.17, 15) is 28.2 Å². The fraction of sp³-hybridized carbons (Fsp3) is 0.462. The number of aromatic carboxylic acids is 1. The van der Waals surface area contributed by atoms with Crippen molar-refractivity contribution in [2.45, 2.75) is 24.8 Å². The minimum Gasteiger partial charge on any atom is -0.478 e. The average molecular weight is 307 g/mol. The Morgan fingerprint density at radius 3 is 2.38 bits per heavy atom. The molecule has 8 heteroatoms. The van der Waals surface area contributed by atoms with Gasteiger partial charge in [-0.2, -0.15) is 13.2 Å². The molecule has 2 atom stereocenters. The summed E-state index contributed by atoms with van der Waals surface area (Å²) in [4.78, 5) is 10.9. The van der Waals surface area contributed by atoms with Gasteiger partial charge in [-0.05, 0) is 43.8 Å². The Labute approximate surface area is 119 Å². The quantitative estimate of drug-likeness (QED) is 0.638. The molecular weight excluding hydrogens is 291 g/mol. The second-order valence-electron chi connectivity index (χ2n) is 4.55. The van der Waals surface area contributed by atoms with Gasteiger partial charge in [-0.15, -0.1) is 0 Å². The zero-order chi connectivity index (χ0) is 16.2. The highest BCUT2D eigenvalue weighted by Crippen LogP contribution is 2.32. The molecule has 0 heterocycles. The van der Waals surface area contributed by atoms with Crippen molar-refractivity contribution < 1.29 is 33.3 Å². The zero-order valence-electron chi connectivity index (χ0n) is 11.2. The topological polar surface area (TPSA) is 89.8 Å². The standard InChI is InChI=1S/C13H16F3NO4/c1-17-3-2-10(18)11(19)7-4-8(12(20)21)6-9(5-7)13(14,15)16/h4-6,10-11,17-19H,2-3H2,1H3,(H,20,21). The van der Waals surface area contributed by atoms with Crippen LogP contribution in [-0.2, 0) is 6.18 Å². The molecule has 2 unspecified atom stereocenters. The highest BCUT2D eigenvalue weighted by molar-refractivity contribution is 5.88. The Bertz CT molecular complexity index is 505. The second-order valence-corrected chi connectivity index (χ2v) is 4.55. The lowest BCUT2D eigenvalue weighted by molar-refractivity contribution is -0.137. The first-order valence-corrected chi connectivity index (χ1v) is 6.13. The van der Waals surface area contributed by atoms with Crippen LogP contribution in [-0.4, -0.2) is 41.0 Å². The first kappa shape index (κ1) is 17.4. The van der Waals surface area contributed by atoms with Crippen LogP contribution < -0.4 is 5.32 Å². The van der Waals surface area contributed by atoms with Crippen molar-refractivity contribution in [2.24, 2.45) is 0 Å². The first-order chi connectivity index (χ1) is 9.66. The summed E-state index contributed by atoms with van der Waals surface area (Å²) in [5, 5.41) is 31.1. The third-order valence-electron chi connectivity index (χ3n) is 2.93.